The van der Waals surface area contributed by atoms with Crippen LogP contribution in [0.25, 0.3) is 0 Å². The lowest BCUT2D eigenvalue weighted by Gasteiger charge is -2.05. The zero-order valence-corrected chi connectivity index (χ0v) is 13.8. The number of carbonyl (C=O) groups is 1. The molecular weight excluding hydrogens is 326 g/mol. The normalized spacial score (nSPS) is 10.5. The Kier molecular flexibility index (Phi) is 6.05. The van der Waals surface area contributed by atoms with Crippen molar-refractivity contribution in [1.29, 1.82) is 0 Å². The summed E-state index contributed by atoms with van der Waals surface area (Å²) in [5.41, 5.74) is 3.66. The Morgan fingerprint density at radius 3 is 2.64 bits per heavy atom. The van der Waals surface area contributed by atoms with Crippen molar-refractivity contribution in [1.82, 2.24) is 5.43 Å². The number of nitro benzene ring substituents is 1. The van der Waals surface area contributed by atoms with E-state index in [1.165, 1.54) is 25.5 Å². The monoisotopic (exact) mass is 343 g/mol. The second kappa shape index (κ2) is 8.44. The highest BCUT2D eigenvalue weighted by molar-refractivity contribution is 5.84. The van der Waals surface area contributed by atoms with Crippen molar-refractivity contribution in [2.75, 3.05) is 13.7 Å². The number of nitrogens with zero attached hydrogens (tertiary/aromatic N) is 2. The molecule has 0 heterocycles. The van der Waals surface area contributed by atoms with Crippen molar-refractivity contribution in [3.63, 3.8) is 0 Å². The van der Waals surface area contributed by atoms with Crippen LogP contribution >= 0.6 is 0 Å². The van der Waals surface area contributed by atoms with Crippen molar-refractivity contribution < 1.29 is 19.2 Å². The number of methoxy groups -OCH3 is 1. The lowest BCUT2D eigenvalue weighted by Crippen LogP contribution is -2.24. The number of rotatable bonds is 7. The van der Waals surface area contributed by atoms with E-state index in [2.05, 4.69) is 10.5 Å². The van der Waals surface area contributed by atoms with Gasteiger partial charge in [0.1, 0.15) is 5.75 Å². The highest BCUT2D eigenvalue weighted by Gasteiger charge is 2.14. The van der Waals surface area contributed by atoms with Gasteiger partial charge >= 0.3 is 5.69 Å². The Balaban J connectivity index is 1.89. The zero-order valence-electron chi connectivity index (χ0n) is 13.8. The quantitative estimate of drug-likeness (QED) is 0.472. The molecule has 130 valence electrons. The average Bonchev–Trinajstić information content (AvgIpc) is 2.61. The molecule has 0 saturated heterocycles. The fourth-order valence-electron chi connectivity index (χ4n) is 1.92. The number of nitrogens with one attached hydrogen (secondary N) is 1. The van der Waals surface area contributed by atoms with E-state index >= 15 is 0 Å². The van der Waals surface area contributed by atoms with Gasteiger partial charge in [-0.1, -0.05) is 17.7 Å². The first-order chi connectivity index (χ1) is 12.0. The van der Waals surface area contributed by atoms with Crippen LogP contribution in [-0.4, -0.2) is 30.8 Å². The summed E-state index contributed by atoms with van der Waals surface area (Å²) in [5, 5.41) is 14.7. The van der Waals surface area contributed by atoms with Gasteiger partial charge in [0.05, 0.1) is 18.2 Å². The Bertz CT molecular complexity index is 787. The van der Waals surface area contributed by atoms with Crippen LogP contribution in [0.4, 0.5) is 5.69 Å². The van der Waals surface area contributed by atoms with E-state index in [0.717, 1.165) is 5.56 Å². The van der Waals surface area contributed by atoms with E-state index in [4.69, 9.17) is 9.47 Å². The number of benzene rings is 2. The number of aryl methyl sites for hydroxylation is 1. The Labute approximate surface area is 144 Å². The maximum Gasteiger partial charge on any atom is 0.311 e. The fraction of sp³-hybridized carbons (Fsp3) is 0.176. The molecule has 8 heteroatoms. The second-order valence-corrected chi connectivity index (χ2v) is 5.08. The molecule has 0 unspecified atom stereocenters. The predicted molar refractivity (Wildman–Crippen MR) is 92.1 cm³/mol. The van der Waals surface area contributed by atoms with Gasteiger partial charge < -0.3 is 9.47 Å². The third-order valence-corrected chi connectivity index (χ3v) is 3.19. The minimum absolute atomic E-state index is 0.151. The van der Waals surface area contributed by atoms with E-state index in [1.807, 2.05) is 19.1 Å². The highest BCUT2D eigenvalue weighted by Crippen LogP contribution is 2.26. The van der Waals surface area contributed by atoms with E-state index < -0.39 is 10.8 Å². The summed E-state index contributed by atoms with van der Waals surface area (Å²) in [7, 11) is 1.35. The zero-order chi connectivity index (χ0) is 18.2. The minimum atomic E-state index is -0.551. The summed E-state index contributed by atoms with van der Waals surface area (Å²) in [6.07, 6.45) is 1.30. The number of carbonyl (C=O) groups excluding carboxylic acids is 1. The van der Waals surface area contributed by atoms with Crippen molar-refractivity contribution in [2.45, 2.75) is 6.92 Å². The SMILES string of the molecule is COc1ccc(/C=N/NC(=O)COc2ccc(C)cc2)cc1[N+](=O)[O-]. The van der Waals surface area contributed by atoms with Crippen LogP contribution in [0.5, 0.6) is 11.5 Å². The Hall–Kier alpha value is -3.42. The van der Waals surface area contributed by atoms with E-state index in [1.54, 1.807) is 18.2 Å². The molecular formula is C17H17N3O5. The minimum Gasteiger partial charge on any atom is -0.490 e. The fourth-order valence-corrected chi connectivity index (χ4v) is 1.92. The Morgan fingerprint density at radius 1 is 1.28 bits per heavy atom. The van der Waals surface area contributed by atoms with Crippen LogP contribution in [0.3, 0.4) is 0 Å². The molecule has 0 bridgehead atoms. The van der Waals surface area contributed by atoms with Gasteiger partial charge in [-0.15, -0.1) is 0 Å². The molecule has 8 nitrogen and oxygen atoms in total. The topological polar surface area (TPSA) is 103 Å². The number of hydrazone groups is 1. The number of amides is 1. The van der Waals surface area contributed by atoms with Gasteiger partial charge in [-0.2, -0.15) is 5.10 Å². The van der Waals surface area contributed by atoms with E-state index in [-0.39, 0.29) is 18.0 Å². The van der Waals surface area contributed by atoms with Gasteiger partial charge in [-0.05, 0) is 31.2 Å². The van der Waals surface area contributed by atoms with Crippen LogP contribution in [0.1, 0.15) is 11.1 Å². The summed E-state index contributed by atoms with van der Waals surface area (Å²) in [6.45, 7) is 1.76. The summed E-state index contributed by atoms with van der Waals surface area (Å²) in [4.78, 5) is 22.1. The number of nitro groups is 1. The summed E-state index contributed by atoms with van der Waals surface area (Å²) in [6, 6.07) is 11.6. The molecule has 0 atom stereocenters. The molecule has 0 spiro atoms. The maximum absolute atomic E-state index is 11.7. The molecule has 0 radical (unpaired) electrons. The maximum atomic E-state index is 11.7. The molecule has 0 aromatic heterocycles. The molecule has 0 aliphatic rings. The van der Waals surface area contributed by atoms with Crippen molar-refractivity contribution >= 4 is 17.8 Å². The summed E-state index contributed by atoms with van der Waals surface area (Å²) < 4.78 is 10.2. The van der Waals surface area contributed by atoms with Gasteiger partial charge in [0, 0.05) is 11.6 Å². The summed E-state index contributed by atoms with van der Waals surface area (Å²) in [5.74, 6) is 0.285. The molecule has 1 amide bonds. The molecule has 0 aliphatic heterocycles. The van der Waals surface area contributed by atoms with Crippen LogP contribution in [0.15, 0.2) is 47.6 Å². The van der Waals surface area contributed by atoms with Gasteiger partial charge in [-0.3, -0.25) is 14.9 Å². The lowest BCUT2D eigenvalue weighted by molar-refractivity contribution is -0.385. The standard InChI is InChI=1S/C17H17N3O5/c1-12-3-6-14(7-4-12)25-11-17(21)19-18-10-13-5-8-16(24-2)15(9-13)20(22)23/h3-10H,11H2,1-2H3,(H,19,21)/b18-10+. The third kappa shape index (κ3) is 5.31. The smallest absolute Gasteiger partial charge is 0.311 e. The highest BCUT2D eigenvalue weighted by atomic mass is 16.6. The van der Waals surface area contributed by atoms with E-state index in [0.29, 0.717) is 11.3 Å². The number of ether oxygens (including phenoxy) is 2. The molecule has 2 aromatic carbocycles. The Morgan fingerprint density at radius 2 is 2.00 bits per heavy atom. The first-order valence-corrected chi connectivity index (χ1v) is 7.33. The van der Waals surface area contributed by atoms with Crippen LogP contribution in [0, 0.1) is 17.0 Å². The molecule has 0 aliphatic carbocycles. The van der Waals surface area contributed by atoms with Gasteiger partial charge in [0.25, 0.3) is 5.91 Å². The van der Waals surface area contributed by atoms with Crippen LogP contribution < -0.4 is 14.9 Å². The average molecular weight is 343 g/mol. The molecule has 1 N–H and O–H groups in total. The van der Waals surface area contributed by atoms with Gasteiger partial charge in [0.2, 0.25) is 0 Å². The first-order valence-electron chi connectivity index (χ1n) is 7.33. The second-order valence-electron chi connectivity index (χ2n) is 5.08. The van der Waals surface area contributed by atoms with Crippen molar-refractivity contribution in [2.24, 2.45) is 5.10 Å². The number of hydrogen-bond acceptors (Lipinski definition) is 6. The molecule has 2 rings (SSSR count). The summed E-state index contributed by atoms with van der Waals surface area (Å²) >= 11 is 0. The number of hydrogen-bond donors (Lipinski definition) is 1. The van der Waals surface area contributed by atoms with Crippen molar-refractivity contribution in [3.8, 4) is 11.5 Å². The lowest BCUT2D eigenvalue weighted by atomic mass is 10.2. The van der Waals surface area contributed by atoms with Gasteiger partial charge in [-0.25, -0.2) is 5.43 Å². The van der Waals surface area contributed by atoms with Gasteiger partial charge in [0.15, 0.2) is 12.4 Å². The van der Waals surface area contributed by atoms with E-state index in [9.17, 15) is 14.9 Å². The largest absolute Gasteiger partial charge is 0.490 e. The van der Waals surface area contributed by atoms with Crippen LogP contribution in [-0.2, 0) is 4.79 Å². The molecule has 2 aromatic rings. The van der Waals surface area contributed by atoms with Crippen LogP contribution in [0.2, 0.25) is 0 Å². The molecule has 0 fully saturated rings. The molecule has 0 saturated carbocycles. The molecule has 25 heavy (non-hydrogen) atoms. The third-order valence-electron chi connectivity index (χ3n) is 3.19. The van der Waals surface area contributed by atoms with Crippen molar-refractivity contribution in [3.05, 3.63) is 63.7 Å². The predicted octanol–water partition coefficient (Wildman–Crippen LogP) is 2.44. The first kappa shape index (κ1) is 17.9.